The molecule has 1 aliphatic heterocycles. The summed E-state index contributed by atoms with van der Waals surface area (Å²) in [5.74, 6) is 0. The monoisotopic (exact) mass is 224 g/mol. The van der Waals surface area contributed by atoms with Gasteiger partial charge < -0.3 is 10.6 Å². The van der Waals surface area contributed by atoms with Gasteiger partial charge in [-0.2, -0.15) is 0 Å². The van der Waals surface area contributed by atoms with Crippen molar-refractivity contribution in [2.24, 2.45) is 0 Å². The van der Waals surface area contributed by atoms with Crippen LogP contribution in [0.25, 0.3) is 0 Å². The maximum atomic E-state index is 6.09. The first-order valence-electron chi connectivity index (χ1n) is 5.54. The third-order valence-electron chi connectivity index (χ3n) is 2.84. The van der Waals surface area contributed by atoms with Gasteiger partial charge in [-0.25, -0.2) is 0 Å². The molecule has 0 bridgehead atoms. The molecule has 82 valence electrons. The maximum absolute atomic E-state index is 6.09. The van der Waals surface area contributed by atoms with E-state index >= 15 is 0 Å². The van der Waals surface area contributed by atoms with E-state index in [9.17, 15) is 0 Å². The molecule has 1 aliphatic rings. The Morgan fingerprint density at radius 2 is 2.27 bits per heavy atom. The van der Waals surface area contributed by atoms with Crippen molar-refractivity contribution in [1.82, 2.24) is 10.6 Å². The summed E-state index contributed by atoms with van der Waals surface area (Å²) in [5.41, 5.74) is 1.18. The Kier molecular flexibility index (Phi) is 4.01. The number of piperidine rings is 1. The smallest absolute Gasteiger partial charge is 0.0450 e. The Hall–Kier alpha value is -0.570. The largest absolute Gasteiger partial charge is 0.315 e. The molecule has 2 rings (SSSR count). The Morgan fingerprint density at radius 3 is 3.00 bits per heavy atom. The molecule has 0 spiro atoms. The van der Waals surface area contributed by atoms with Crippen molar-refractivity contribution in [3.63, 3.8) is 0 Å². The van der Waals surface area contributed by atoms with E-state index in [2.05, 4.69) is 16.7 Å². The molecular formula is C12H17ClN2. The van der Waals surface area contributed by atoms with Crippen LogP contribution < -0.4 is 10.6 Å². The van der Waals surface area contributed by atoms with Crippen LogP contribution in [0.1, 0.15) is 18.4 Å². The van der Waals surface area contributed by atoms with Crippen LogP contribution in [0.15, 0.2) is 24.3 Å². The molecule has 1 atom stereocenters. The van der Waals surface area contributed by atoms with Gasteiger partial charge in [-0.05, 0) is 31.0 Å². The van der Waals surface area contributed by atoms with Crippen LogP contribution in [0, 0.1) is 0 Å². The Labute approximate surface area is 96.0 Å². The average molecular weight is 225 g/mol. The third kappa shape index (κ3) is 3.20. The van der Waals surface area contributed by atoms with Crippen LogP contribution in [0.4, 0.5) is 0 Å². The summed E-state index contributed by atoms with van der Waals surface area (Å²) < 4.78 is 0. The zero-order valence-electron chi connectivity index (χ0n) is 8.80. The lowest BCUT2D eigenvalue weighted by Crippen LogP contribution is -2.42. The fourth-order valence-electron chi connectivity index (χ4n) is 1.92. The number of rotatable bonds is 3. The van der Waals surface area contributed by atoms with Gasteiger partial charge in [-0.3, -0.25) is 0 Å². The molecule has 0 saturated carbocycles. The molecule has 0 amide bonds. The van der Waals surface area contributed by atoms with Crippen LogP contribution in [-0.4, -0.2) is 19.1 Å². The highest BCUT2D eigenvalue weighted by atomic mass is 35.5. The second-order valence-electron chi connectivity index (χ2n) is 4.02. The topological polar surface area (TPSA) is 24.1 Å². The van der Waals surface area contributed by atoms with E-state index in [1.54, 1.807) is 0 Å². The van der Waals surface area contributed by atoms with Crippen LogP contribution >= 0.6 is 11.6 Å². The van der Waals surface area contributed by atoms with Gasteiger partial charge in [0.1, 0.15) is 0 Å². The second kappa shape index (κ2) is 5.50. The Morgan fingerprint density at radius 1 is 1.40 bits per heavy atom. The van der Waals surface area contributed by atoms with Crippen LogP contribution in [-0.2, 0) is 6.54 Å². The molecular weight excluding hydrogens is 208 g/mol. The van der Waals surface area contributed by atoms with E-state index in [0.717, 1.165) is 24.7 Å². The van der Waals surface area contributed by atoms with Crippen LogP contribution in [0.2, 0.25) is 5.02 Å². The van der Waals surface area contributed by atoms with E-state index in [-0.39, 0.29) is 0 Å². The lowest BCUT2D eigenvalue weighted by molar-refractivity contribution is 0.389. The first-order chi connectivity index (χ1) is 7.36. The fourth-order valence-corrected chi connectivity index (χ4v) is 2.12. The molecule has 1 aromatic rings. The van der Waals surface area contributed by atoms with Crippen molar-refractivity contribution >= 4 is 11.6 Å². The highest BCUT2D eigenvalue weighted by Crippen LogP contribution is 2.15. The molecule has 3 heteroatoms. The molecule has 1 unspecified atom stereocenters. The summed E-state index contributed by atoms with van der Waals surface area (Å²) >= 11 is 6.09. The Bertz CT molecular complexity index is 308. The van der Waals surface area contributed by atoms with E-state index in [0.29, 0.717) is 6.04 Å². The molecule has 1 saturated heterocycles. The summed E-state index contributed by atoms with van der Waals surface area (Å²) in [4.78, 5) is 0. The first-order valence-corrected chi connectivity index (χ1v) is 5.91. The molecule has 0 radical (unpaired) electrons. The molecule has 0 aliphatic carbocycles. The van der Waals surface area contributed by atoms with Gasteiger partial charge in [0.15, 0.2) is 0 Å². The first kappa shape index (κ1) is 10.9. The fraction of sp³-hybridized carbons (Fsp3) is 0.500. The minimum Gasteiger partial charge on any atom is -0.315 e. The quantitative estimate of drug-likeness (QED) is 0.823. The number of benzene rings is 1. The van der Waals surface area contributed by atoms with Gasteiger partial charge >= 0.3 is 0 Å². The standard InChI is InChI=1S/C12H17ClN2/c13-12-6-2-1-4-10(12)8-15-11-5-3-7-14-9-11/h1-2,4,6,11,14-15H,3,5,7-9H2. The summed E-state index contributed by atoms with van der Waals surface area (Å²) in [6, 6.07) is 8.61. The summed E-state index contributed by atoms with van der Waals surface area (Å²) in [6.45, 7) is 3.10. The highest BCUT2D eigenvalue weighted by Gasteiger charge is 2.12. The lowest BCUT2D eigenvalue weighted by atomic mass is 10.1. The zero-order valence-corrected chi connectivity index (χ0v) is 9.56. The molecule has 1 fully saturated rings. The van der Waals surface area contributed by atoms with Crippen molar-refractivity contribution in [2.75, 3.05) is 13.1 Å². The van der Waals surface area contributed by atoms with Crippen molar-refractivity contribution in [3.8, 4) is 0 Å². The van der Waals surface area contributed by atoms with Gasteiger partial charge in [-0.1, -0.05) is 29.8 Å². The predicted molar refractivity (Wildman–Crippen MR) is 64.2 cm³/mol. The van der Waals surface area contributed by atoms with Gasteiger partial charge in [0.05, 0.1) is 0 Å². The summed E-state index contributed by atoms with van der Waals surface area (Å²) in [5, 5.41) is 7.78. The molecule has 1 heterocycles. The molecule has 0 aromatic heterocycles. The lowest BCUT2D eigenvalue weighted by Gasteiger charge is -2.24. The van der Waals surface area contributed by atoms with Crippen molar-refractivity contribution in [1.29, 1.82) is 0 Å². The zero-order chi connectivity index (χ0) is 10.5. The predicted octanol–water partition coefficient (Wildman–Crippen LogP) is 2.18. The minimum atomic E-state index is 0.593. The van der Waals surface area contributed by atoms with Crippen molar-refractivity contribution in [3.05, 3.63) is 34.9 Å². The van der Waals surface area contributed by atoms with E-state index in [4.69, 9.17) is 11.6 Å². The minimum absolute atomic E-state index is 0.593. The van der Waals surface area contributed by atoms with E-state index in [1.807, 2.05) is 18.2 Å². The van der Waals surface area contributed by atoms with Crippen LogP contribution in [0.3, 0.4) is 0 Å². The molecule has 2 N–H and O–H groups in total. The molecule has 2 nitrogen and oxygen atoms in total. The SMILES string of the molecule is Clc1ccccc1CNC1CCCNC1. The van der Waals surface area contributed by atoms with Gasteiger partial charge in [0.2, 0.25) is 0 Å². The summed E-state index contributed by atoms with van der Waals surface area (Å²) in [6.07, 6.45) is 2.53. The number of halogens is 1. The second-order valence-corrected chi connectivity index (χ2v) is 4.42. The average Bonchev–Trinajstić information content (AvgIpc) is 2.29. The Balaban J connectivity index is 1.84. The third-order valence-corrected chi connectivity index (χ3v) is 3.20. The summed E-state index contributed by atoms with van der Waals surface area (Å²) in [7, 11) is 0. The van der Waals surface area contributed by atoms with Crippen molar-refractivity contribution in [2.45, 2.75) is 25.4 Å². The molecule has 15 heavy (non-hydrogen) atoms. The van der Waals surface area contributed by atoms with Gasteiger partial charge in [0.25, 0.3) is 0 Å². The number of hydrogen-bond donors (Lipinski definition) is 2. The normalized spacial score (nSPS) is 21.5. The number of nitrogens with one attached hydrogen (secondary N) is 2. The van der Waals surface area contributed by atoms with E-state index < -0.39 is 0 Å². The van der Waals surface area contributed by atoms with Gasteiger partial charge in [0, 0.05) is 24.2 Å². The molecule has 1 aromatic carbocycles. The van der Waals surface area contributed by atoms with Gasteiger partial charge in [-0.15, -0.1) is 0 Å². The maximum Gasteiger partial charge on any atom is 0.0450 e. The van der Waals surface area contributed by atoms with Crippen molar-refractivity contribution < 1.29 is 0 Å². The number of hydrogen-bond acceptors (Lipinski definition) is 2. The highest BCUT2D eigenvalue weighted by molar-refractivity contribution is 6.31. The van der Waals surface area contributed by atoms with Crippen LogP contribution in [0.5, 0.6) is 0 Å². The van der Waals surface area contributed by atoms with E-state index in [1.165, 1.54) is 18.4 Å².